The Morgan fingerprint density at radius 3 is 3.18 bits per heavy atom. The SMILES string of the molecule is C/C=C\CC1NC=NC1C=O. The Balaban J connectivity index is 2.40. The topological polar surface area (TPSA) is 41.5 Å². The van der Waals surface area contributed by atoms with Crippen LogP contribution in [0, 0.1) is 0 Å². The Bertz CT molecular complexity index is 187. The highest BCUT2D eigenvalue weighted by Crippen LogP contribution is 2.05. The highest BCUT2D eigenvalue weighted by atomic mass is 16.1. The van der Waals surface area contributed by atoms with Gasteiger partial charge in [0.25, 0.3) is 0 Å². The zero-order valence-corrected chi connectivity index (χ0v) is 6.53. The second-order valence-electron chi connectivity index (χ2n) is 2.48. The zero-order chi connectivity index (χ0) is 8.10. The minimum atomic E-state index is -0.189. The van der Waals surface area contributed by atoms with Crippen molar-refractivity contribution in [2.45, 2.75) is 25.4 Å². The minimum absolute atomic E-state index is 0.170. The van der Waals surface area contributed by atoms with Gasteiger partial charge in [-0.05, 0) is 13.3 Å². The summed E-state index contributed by atoms with van der Waals surface area (Å²) in [6.45, 7) is 1.96. The van der Waals surface area contributed by atoms with E-state index in [-0.39, 0.29) is 12.1 Å². The fourth-order valence-corrected chi connectivity index (χ4v) is 1.05. The monoisotopic (exact) mass is 152 g/mol. The molecule has 0 radical (unpaired) electrons. The van der Waals surface area contributed by atoms with Crippen LogP contribution in [0.4, 0.5) is 0 Å². The molecule has 0 aromatic heterocycles. The highest BCUT2D eigenvalue weighted by molar-refractivity contribution is 5.70. The second kappa shape index (κ2) is 3.91. The van der Waals surface area contributed by atoms with Crippen molar-refractivity contribution in [2.75, 3.05) is 0 Å². The van der Waals surface area contributed by atoms with Gasteiger partial charge < -0.3 is 10.1 Å². The normalized spacial score (nSPS) is 29.2. The fourth-order valence-electron chi connectivity index (χ4n) is 1.05. The van der Waals surface area contributed by atoms with Crippen LogP contribution in [0.25, 0.3) is 0 Å². The van der Waals surface area contributed by atoms with E-state index in [1.54, 1.807) is 6.34 Å². The van der Waals surface area contributed by atoms with Crippen molar-refractivity contribution in [3.63, 3.8) is 0 Å². The van der Waals surface area contributed by atoms with Gasteiger partial charge in [-0.15, -0.1) is 0 Å². The lowest BCUT2D eigenvalue weighted by molar-refractivity contribution is -0.109. The van der Waals surface area contributed by atoms with E-state index in [1.165, 1.54) is 0 Å². The number of carbonyl (C=O) groups excluding carboxylic acids is 1. The van der Waals surface area contributed by atoms with Gasteiger partial charge in [0.05, 0.1) is 12.4 Å². The second-order valence-corrected chi connectivity index (χ2v) is 2.48. The molecule has 1 aliphatic rings. The maximum atomic E-state index is 10.4. The number of hydrogen-bond donors (Lipinski definition) is 1. The van der Waals surface area contributed by atoms with Crippen LogP contribution in [0.5, 0.6) is 0 Å². The Hall–Kier alpha value is -1.12. The Labute approximate surface area is 66.2 Å². The van der Waals surface area contributed by atoms with Gasteiger partial charge in [0.15, 0.2) is 0 Å². The molecular weight excluding hydrogens is 140 g/mol. The van der Waals surface area contributed by atoms with Gasteiger partial charge in [0, 0.05) is 0 Å². The van der Waals surface area contributed by atoms with Gasteiger partial charge in [-0.2, -0.15) is 0 Å². The number of aliphatic imine (C=N–C) groups is 1. The van der Waals surface area contributed by atoms with Crippen LogP contribution in [0.3, 0.4) is 0 Å². The molecule has 1 aliphatic heterocycles. The summed E-state index contributed by atoms with van der Waals surface area (Å²) in [6.07, 6.45) is 7.35. The molecule has 0 spiro atoms. The van der Waals surface area contributed by atoms with Crippen molar-refractivity contribution in [3.05, 3.63) is 12.2 Å². The van der Waals surface area contributed by atoms with E-state index in [2.05, 4.69) is 10.3 Å². The number of rotatable bonds is 3. The highest BCUT2D eigenvalue weighted by Gasteiger charge is 2.21. The zero-order valence-electron chi connectivity index (χ0n) is 6.53. The first-order valence-electron chi connectivity index (χ1n) is 3.72. The molecule has 1 N–H and O–H groups in total. The summed E-state index contributed by atoms with van der Waals surface area (Å²) >= 11 is 0. The molecule has 0 aromatic carbocycles. The smallest absolute Gasteiger partial charge is 0.146 e. The number of carbonyl (C=O) groups is 1. The van der Waals surface area contributed by atoms with Gasteiger partial charge in [0.1, 0.15) is 12.3 Å². The van der Waals surface area contributed by atoms with Crippen LogP contribution in [0.2, 0.25) is 0 Å². The number of nitrogens with one attached hydrogen (secondary N) is 1. The first-order chi connectivity index (χ1) is 5.38. The molecule has 2 atom stereocenters. The Morgan fingerprint density at radius 2 is 2.55 bits per heavy atom. The summed E-state index contributed by atoms with van der Waals surface area (Å²) in [4.78, 5) is 14.4. The maximum Gasteiger partial charge on any atom is 0.146 e. The summed E-state index contributed by atoms with van der Waals surface area (Å²) in [5.41, 5.74) is 0. The molecule has 0 aromatic rings. The lowest BCUT2D eigenvalue weighted by atomic mass is 10.1. The molecular formula is C8H12N2O. The van der Waals surface area contributed by atoms with E-state index >= 15 is 0 Å². The molecule has 2 unspecified atom stereocenters. The van der Waals surface area contributed by atoms with E-state index in [1.807, 2.05) is 19.1 Å². The number of aldehydes is 1. The summed E-state index contributed by atoms with van der Waals surface area (Å²) in [5, 5.41) is 3.02. The molecule has 0 fully saturated rings. The van der Waals surface area contributed by atoms with Gasteiger partial charge in [-0.3, -0.25) is 4.99 Å². The number of nitrogens with zero attached hydrogens (tertiary/aromatic N) is 1. The molecule has 0 amide bonds. The largest absolute Gasteiger partial charge is 0.371 e. The molecule has 1 heterocycles. The third-order valence-corrected chi connectivity index (χ3v) is 1.71. The van der Waals surface area contributed by atoms with Crippen LogP contribution in [-0.2, 0) is 4.79 Å². The van der Waals surface area contributed by atoms with E-state index in [9.17, 15) is 4.79 Å². The predicted octanol–water partition coefficient (Wildman–Crippen LogP) is 0.520. The van der Waals surface area contributed by atoms with E-state index in [0.717, 1.165) is 12.7 Å². The van der Waals surface area contributed by atoms with Crippen molar-refractivity contribution in [2.24, 2.45) is 4.99 Å². The third-order valence-electron chi connectivity index (χ3n) is 1.71. The van der Waals surface area contributed by atoms with E-state index in [0.29, 0.717) is 0 Å². The van der Waals surface area contributed by atoms with Crippen molar-refractivity contribution in [1.82, 2.24) is 5.32 Å². The molecule has 0 saturated heterocycles. The quantitative estimate of drug-likeness (QED) is 0.473. The molecule has 0 saturated carbocycles. The first kappa shape index (κ1) is 7.98. The Kier molecular flexibility index (Phi) is 2.83. The average Bonchev–Trinajstić information content (AvgIpc) is 2.47. The van der Waals surface area contributed by atoms with Gasteiger partial charge in [-0.25, -0.2) is 0 Å². The molecule has 3 nitrogen and oxygen atoms in total. The van der Waals surface area contributed by atoms with Gasteiger partial charge in [-0.1, -0.05) is 12.2 Å². The van der Waals surface area contributed by atoms with Crippen LogP contribution in [0.1, 0.15) is 13.3 Å². The summed E-state index contributed by atoms with van der Waals surface area (Å²) in [6, 6.07) is -0.0186. The molecule has 0 bridgehead atoms. The number of allylic oxidation sites excluding steroid dienone is 1. The standard InChI is InChI=1S/C8H12N2O/c1-2-3-4-7-8(5-11)10-6-9-7/h2-3,5-8H,4H2,1H3,(H,9,10)/b3-2-. The van der Waals surface area contributed by atoms with E-state index in [4.69, 9.17) is 0 Å². The van der Waals surface area contributed by atoms with Crippen molar-refractivity contribution in [3.8, 4) is 0 Å². The summed E-state index contributed by atoms with van der Waals surface area (Å²) < 4.78 is 0. The molecule has 0 aliphatic carbocycles. The van der Waals surface area contributed by atoms with Crippen LogP contribution < -0.4 is 5.32 Å². The lowest BCUT2D eigenvalue weighted by Gasteiger charge is -2.10. The molecule has 60 valence electrons. The van der Waals surface area contributed by atoms with Crippen molar-refractivity contribution in [1.29, 1.82) is 0 Å². The lowest BCUT2D eigenvalue weighted by Crippen LogP contribution is -2.31. The van der Waals surface area contributed by atoms with Gasteiger partial charge >= 0.3 is 0 Å². The predicted molar refractivity (Wildman–Crippen MR) is 44.7 cm³/mol. The molecule has 1 rings (SSSR count). The molecule has 3 heteroatoms. The van der Waals surface area contributed by atoms with E-state index < -0.39 is 0 Å². The van der Waals surface area contributed by atoms with Gasteiger partial charge in [0.2, 0.25) is 0 Å². The molecule has 11 heavy (non-hydrogen) atoms. The minimum Gasteiger partial charge on any atom is -0.371 e. The van der Waals surface area contributed by atoms with Crippen molar-refractivity contribution >= 4 is 12.6 Å². The Morgan fingerprint density at radius 1 is 1.73 bits per heavy atom. The number of hydrogen-bond acceptors (Lipinski definition) is 3. The maximum absolute atomic E-state index is 10.4. The fraction of sp³-hybridized carbons (Fsp3) is 0.500. The third kappa shape index (κ3) is 1.90. The van der Waals surface area contributed by atoms with Crippen LogP contribution in [0.15, 0.2) is 17.1 Å². The summed E-state index contributed by atoms with van der Waals surface area (Å²) in [5.74, 6) is 0. The van der Waals surface area contributed by atoms with Crippen LogP contribution in [-0.4, -0.2) is 24.7 Å². The summed E-state index contributed by atoms with van der Waals surface area (Å²) in [7, 11) is 0. The first-order valence-corrected chi connectivity index (χ1v) is 3.72. The van der Waals surface area contributed by atoms with Crippen molar-refractivity contribution < 1.29 is 4.79 Å². The average molecular weight is 152 g/mol. The van der Waals surface area contributed by atoms with Crippen LogP contribution >= 0.6 is 0 Å².